The zero-order chi connectivity index (χ0) is 12.8. The molecule has 0 saturated heterocycles. The molecule has 1 aromatic rings. The maximum Gasteiger partial charge on any atom is 0.324 e. The molecule has 1 unspecified atom stereocenters. The molecule has 92 valence electrons. The molecule has 0 aliphatic carbocycles. The molecule has 0 fully saturated rings. The standard InChI is InChI=1S/C11H12ClNO4/c1-2-17-11(14)10(12)7-8-3-5-9(6-4-8)13(15)16/h3-6,10H,2,7H2,1H3. The molecular formula is C11H12ClNO4. The maximum atomic E-state index is 11.3. The van der Waals surface area contributed by atoms with Gasteiger partial charge in [-0.1, -0.05) is 12.1 Å². The van der Waals surface area contributed by atoms with Crippen molar-refractivity contribution in [3.63, 3.8) is 0 Å². The van der Waals surface area contributed by atoms with Crippen molar-refractivity contribution >= 4 is 23.3 Å². The molecule has 0 aliphatic rings. The summed E-state index contributed by atoms with van der Waals surface area (Å²) in [6.45, 7) is 1.98. The Kier molecular flexibility index (Phi) is 4.90. The van der Waals surface area contributed by atoms with Crippen LogP contribution in [0.1, 0.15) is 12.5 Å². The summed E-state index contributed by atoms with van der Waals surface area (Å²) in [6, 6.07) is 5.91. The summed E-state index contributed by atoms with van der Waals surface area (Å²) in [4.78, 5) is 21.2. The Balaban J connectivity index is 2.63. The first-order valence-electron chi connectivity index (χ1n) is 5.08. The van der Waals surface area contributed by atoms with Gasteiger partial charge in [0.2, 0.25) is 0 Å². The van der Waals surface area contributed by atoms with Crippen LogP contribution in [0.3, 0.4) is 0 Å². The highest BCUT2D eigenvalue weighted by Crippen LogP contribution is 2.15. The van der Waals surface area contributed by atoms with Crippen LogP contribution in [0.4, 0.5) is 5.69 Å². The molecular weight excluding hydrogens is 246 g/mol. The molecule has 0 bridgehead atoms. The number of carbonyl (C=O) groups excluding carboxylic acids is 1. The minimum absolute atomic E-state index is 0.0102. The summed E-state index contributed by atoms with van der Waals surface area (Å²) < 4.78 is 4.76. The van der Waals surface area contributed by atoms with Crippen molar-refractivity contribution in [2.45, 2.75) is 18.7 Å². The van der Waals surface area contributed by atoms with Crippen LogP contribution in [0, 0.1) is 10.1 Å². The number of halogens is 1. The second-order valence-electron chi connectivity index (χ2n) is 3.35. The quantitative estimate of drug-likeness (QED) is 0.351. The Bertz CT molecular complexity index is 404. The van der Waals surface area contributed by atoms with Gasteiger partial charge in [-0.25, -0.2) is 0 Å². The highest BCUT2D eigenvalue weighted by molar-refractivity contribution is 6.30. The number of rotatable bonds is 5. The number of benzene rings is 1. The molecule has 1 aromatic carbocycles. The Labute approximate surface area is 103 Å². The van der Waals surface area contributed by atoms with E-state index in [1.807, 2.05) is 0 Å². The molecule has 0 radical (unpaired) electrons. The Hall–Kier alpha value is -1.62. The van der Waals surface area contributed by atoms with Gasteiger partial charge in [0.05, 0.1) is 11.5 Å². The summed E-state index contributed by atoms with van der Waals surface area (Å²) in [5.74, 6) is -0.479. The smallest absolute Gasteiger partial charge is 0.324 e. The van der Waals surface area contributed by atoms with Gasteiger partial charge in [-0.3, -0.25) is 14.9 Å². The van der Waals surface area contributed by atoms with Crippen molar-refractivity contribution in [1.29, 1.82) is 0 Å². The number of non-ortho nitro benzene ring substituents is 1. The number of hydrogen-bond acceptors (Lipinski definition) is 4. The Morgan fingerprint density at radius 3 is 2.53 bits per heavy atom. The number of alkyl halides is 1. The molecule has 17 heavy (non-hydrogen) atoms. The number of hydrogen-bond donors (Lipinski definition) is 0. The predicted octanol–water partition coefficient (Wildman–Crippen LogP) is 2.31. The van der Waals surface area contributed by atoms with E-state index in [4.69, 9.17) is 16.3 Å². The fourth-order valence-corrected chi connectivity index (χ4v) is 1.52. The van der Waals surface area contributed by atoms with Gasteiger partial charge in [-0.2, -0.15) is 0 Å². The first-order valence-corrected chi connectivity index (χ1v) is 5.52. The zero-order valence-electron chi connectivity index (χ0n) is 9.26. The number of ether oxygens (including phenoxy) is 1. The van der Waals surface area contributed by atoms with Crippen molar-refractivity contribution in [3.8, 4) is 0 Å². The van der Waals surface area contributed by atoms with Gasteiger partial charge in [-0.15, -0.1) is 11.6 Å². The van der Waals surface area contributed by atoms with Gasteiger partial charge >= 0.3 is 5.97 Å². The molecule has 0 saturated carbocycles. The normalized spacial score (nSPS) is 11.9. The zero-order valence-corrected chi connectivity index (χ0v) is 10.0. The largest absolute Gasteiger partial charge is 0.465 e. The second kappa shape index (κ2) is 6.20. The highest BCUT2D eigenvalue weighted by Gasteiger charge is 2.17. The Morgan fingerprint density at radius 2 is 2.06 bits per heavy atom. The van der Waals surface area contributed by atoms with Gasteiger partial charge in [-0.05, 0) is 18.9 Å². The Morgan fingerprint density at radius 1 is 1.47 bits per heavy atom. The van der Waals surface area contributed by atoms with Gasteiger partial charge in [0, 0.05) is 12.1 Å². The van der Waals surface area contributed by atoms with E-state index in [0.29, 0.717) is 6.42 Å². The highest BCUT2D eigenvalue weighted by atomic mass is 35.5. The van der Waals surface area contributed by atoms with Crippen LogP contribution in [-0.2, 0) is 16.0 Å². The van der Waals surface area contributed by atoms with Gasteiger partial charge in [0.1, 0.15) is 5.38 Å². The lowest BCUT2D eigenvalue weighted by Gasteiger charge is -2.08. The molecule has 0 aliphatic heterocycles. The van der Waals surface area contributed by atoms with Crippen molar-refractivity contribution in [1.82, 2.24) is 0 Å². The van der Waals surface area contributed by atoms with Crippen LogP contribution in [0.25, 0.3) is 0 Å². The lowest BCUT2D eigenvalue weighted by Crippen LogP contribution is -2.20. The van der Waals surface area contributed by atoms with Crippen LogP contribution in [0.2, 0.25) is 0 Å². The second-order valence-corrected chi connectivity index (χ2v) is 3.87. The van der Waals surface area contributed by atoms with Crippen LogP contribution in [0.15, 0.2) is 24.3 Å². The summed E-state index contributed by atoms with van der Waals surface area (Å²) in [5, 5.41) is 9.67. The third-order valence-corrected chi connectivity index (χ3v) is 2.44. The van der Waals surface area contributed by atoms with Crippen LogP contribution in [0.5, 0.6) is 0 Å². The van der Waals surface area contributed by atoms with Crippen molar-refractivity contribution in [3.05, 3.63) is 39.9 Å². The number of nitro benzene ring substituents is 1. The summed E-state index contributed by atoms with van der Waals surface area (Å²) in [6.07, 6.45) is 0.290. The lowest BCUT2D eigenvalue weighted by molar-refractivity contribution is -0.384. The fraction of sp³-hybridized carbons (Fsp3) is 0.364. The number of nitro groups is 1. The maximum absolute atomic E-state index is 11.3. The van der Waals surface area contributed by atoms with Gasteiger partial charge in [0.25, 0.3) is 5.69 Å². The minimum Gasteiger partial charge on any atom is -0.465 e. The predicted molar refractivity (Wildman–Crippen MR) is 63.1 cm³/mol. The van der Waals surface area contributed by atoms with Crippen molar-refractivity contribution in [2.24, 2.45) is 0 Å². The molecule has 0 heterocycles. The van der Waals surface area contributed by atoms with E-state index in [2.05, 4.69) is 0 Å². The van der Waals surface area contributed by atoms with E-state index in [1.165, 1.54) is 12.1 Å². The molecule has 0 aromatic heterocycles. The van der Waals surface area contributed by atoms with E-state index in [0.717, 1.165) is 5.56 Å². The third kappa shape index (κ3) is 4.03. The summed E-state index contributed by atoms with van der Waals surface area (Å²) in [5.41, 5.74) is 0.764. The fourth-order valence-electron chi connectivity index (χ4n) is 1.28. The van der Waals surface area contributed by atoms with E-state index in [1.54, 1.807) is 19.1 Å². The molecule has 6 heteroatoms. The first-order chi connectivity index (χ1) is 8.04. The van der Waals surface area contributed by atoms with Crippen molar-refractivity contribution in [2.75, 3.05) is 6.61 Å². The molecule has 5 nitrogen and oxygen atoms in total. The van der Waals surface area contributed by atoms with E-state index in [9.17, 15) is 14.9 Å². The first kappa shape index (κ1) is 13.4. The van der Waals surface area contributed by atoms with E-state index < -0.39 is 16.3 Å². The van der Waals surface area contributed by atoms with Gasteiger partial charge < -0.3 is 4.74 Å². The van der Waals surface area contributed by atoms with E-state index in [-0.39, 0.29) is 12.3 Å². The average molecular weight is 258 g/mol. The number of esters is 1. The average Bonchev–Trinajstić information content (AvgIpc) is 2.30. The molecule has 1 atom stereocenters. The van der Waals surface area contributed by atoms with Crippen LogP contribution < -0.4 is 0 Å². The molecule has 0 amide bonds. The lowest BCUT2D eigenvalue weighted by atomic mass is 10.1. The third-order valence-electron chi connectivity index (χ3n) is 2.10. The number of carbonyl (C=O) groups is 1. The van der Waals surface area contributed by atoms with E-state index >= 15 is 0 Å². The van der Waals surface area contributed by atoms with Crippen LogP contribution >= 0.6 is 11.6 Å². The summed E-state index contributed by atoms with van der Waals surface area (Å²) in [7, 11) is 0. The van der Waals surface area contributed by atoms with Crippen molar-refractivity contribution < 1.29 is 14.5 Å². The monoisotopic (exact) mass is 257 g/mol. The molecule has 0 N–H and O–H groups in total. The van der Waals surface area contributed by atoms with Crippen LogP contribution in [-0.4, -0.2) is 22.9 Å². The number of nitrogens with zero attached hydrogens (tertiary/aromatic N) is 1. The minimum atomic E-state index is -0.767. The SMILES string of the molecule is CCOC(=O)C(Cl)Cc1ccc([N+](=O)[O-])cc1. The molecule has 0 spiro atoms. The van der Waals surface area contributed by atoms with Gasteiger partial charge in [0.15, 0.2) is 0 Å². The topological polar surface area (TPSA) is 69.4 Å². The summed E-state index contributed by atoms with van der Waals surface area (Å²) >= 11 is 5.84. The molecule has 1 rings (SSSR count).